The number of H-pyrrole nitrogens is 1. The third-order valence-electron chi connectivity index (χ3n) is 3.40. The Bertz CT molecular complexity index is 807. The Hall–Kier alpha value is -2.82. The molecule has 0 radical (unpaired) electrons. The number of aryl methyl sites for hydroxylation is 1. The van der Waals surface area contributed by atoms with Crippen LogP contribution in [0.2, 0.25) is 0 Å². The normalized spacial score (nSPS) is 10.7. The molecule has 5 heteroatoms. The van der Waals surface area contributed by atoms with Gasteiger partial charge in [0.1, 0.15) is 0 Å². The first kappa shape index (κ1) is 13.2. The molecule has 1 heterocycles. The first-order valence-corrected chi connectivity index (χ1v) is 6.81. The van der Waals surface area contributed by atoms with Crippen LogP contribution >= 0.6 is 0 Å². The van der Waals surface area contributed by atoms with E-state index in [0.29, 0.717) is 11.4 Å². The molecule has 3 rings (SSSR count). The minimum absolute atomic E-state index is 0.250. The molecule has 1 amide bonds. The zero-order valence-electron chi connectivity index (χ0n) is 11.7. The first-order chi connectivity index (χ1) is 10.2. The number of hydrogen-bond donors (Lipinski definition) is 3. The number of carbonyl (C=O) groups is 1. The van der Waals surface area contributed by atoms with Crippen LogP contribution in [0.25, 0.3) is 10.9 Å². The van der Waals surface area contributed by atoms with Crippen LogP contribution in [0.1, 0.15) is 23.0 Å². The Kier molecular flexibility index (Phi) is 3.31. The van der Waals surface area contributed by atoms with Gasteiger partial charge >= 0.3 is 0 Å². The quantitative estimate of drug-likeness (QED) is 0.645. The Morgan fingerprint density at radius 2 is 2.14 bits per heavy atom. The fourth-order valence-electron chi connectivity index (χ4n) is 2.26. The summed E-state index contributed by atoms with van der Waals surface area (Å²) in [5, 5.41) is 10.5. The highest BCUT2D eigenvalue weighted by Crippen LogP contribution is 2.20. The maximum atomic E-state index is 12.4. The van der Waals surface area contributed by atoms with Crippen molar-refractivity contribution in [3.63, 3.8) is 0 Å². The highest BCUT2D eigenvalue weighted by atomic mass is 16.1. The lowest BCUT2D eigenvalue weighted by Crippen LogP contribution is -2.13. The molecule has 0 saturated carbocycles. The SMILES string of the molecule is CCc1cccc(NC(=O)c2n[nH]c3ccc(N)cc23)c1. The third kappa shape index (κ3) is 2.58. The summed E-state index contributed by atoms with van der Waals surface area (Å²) in [6, 6.07) is 13.1. The van der Waals surface area contributed by atoms with Gasteiger partial charge in [-0.15, -0.1) is 0 Å². The lowest BCUT2D eigenvalue weighted by molar-refractivity contribution is 0.102. The molecule has 21 heavy (non-hydrogen) atoms. The van der Waals surface area contributed by atoms with E-state index in [1.165, 1.54) is 5.56 Å². The van der Waals surface area contributed by atoms with E-state index in [1.807, 2.05) is 30.3 Å². The summed E-state index contributed by atoms with van der Waals surface area (Å²) in [4.78, 5) is 12.4. The average Bonchev–Trinajstić information content (AvgIpc) is 2.90. The number of anilines is 2. The number of nitrogens with one attached hydrogen (secondary N) is 2. The van der Waals surface area contributed by atoms with Crippen molar-refractivity contribution in [2.75, 3.05) is 11.1 Å². The van der Waals surface area contributed by atoms with Crippen molar-refractivity contribution < 1.29 is 4.79 Å². The fourth-order valence-corrected chi connectivity index (χ4v) is 2.26. The van der Waals surface area contributed by atoms with Crippen molar-refractivity contribution in [2.24, 2.45) is 0 Å². The van der Waals surface area contributed by atoms with Gasteiger partial charge in [-0.1, -0.05) is 19.1 Å². The number of amides is 1. The smallest absolute Gasteiger partial charge is 0.276 e. The largest absolute Gasteiger partial charge is 0.399 e. The second-order valence-electron chi connectivity index (χ2n) is 4.89. The molecule has 106 valence electrons. The number of benzene rings is 2. The molecule has 0 atom stereocenters. The van der Waals surface area contributed by atoms with Gasteiger partial charge in [-0.3, -0.25) is 9.89 Å². The molecule has 0 aliphatic heterocycles. The number of aromatic amines is 1. The van der Waals surface area contributed by atoms with Crippen molar-refractivity contribution in [1.82, 2.24) is 10.2 Å². The van der Waals surface area contributed by atoms with Gasteiger partial charge in [0, 0.05) is 16.8 Å². The monoisotopic (exact) mass is 280 g/mol. The van der Waals surface area contributed by atoms with Crippen LogP contribution in [0.5, 0.6) is 0 Å². The van der Waals surface area contributed by atoms with E-state index in [4.69, 9.17) is 5.73 Å². The number of rotatable bonds is 3. The van der Waals surface area contributed by atoms with E-state index in [-0.39, 0.29) is 5.91 Å². The van der Waals surface area contributed by atoms with Crippen LogP contribution in [0.15, 0.2) is 42.5 Å². The van der Waals surface area contributed by atoms with E-state index in [2.05, 4.69) is 22.4 Å². The maximum Gasteiger partial charge on any atom is 0.276 e. The summed E-state index contributed by atoms with van der Waals surface area (Å²) >= 11 is 0. The summed E-state index contributed by atoms with van der Waals surface area (Å²) in [5.41, 5.74) is 9.44. The van der Waals surface area contributed by atoms with Crippen LogP contribution in [0.4, 0.5) is 11.4 Å². The Morgan fingerprint density at radius 1 is 1.29 bits per heavy atom. The summed E-state index contributed by atoms with van der Waals surface area (Å²) in [7, 11) is 0. The molecule has 0 unspecified atom stereocenters. The first-order valence-electron chi connectivity index (χ1n) is 6.81. The lowest BCUT2D eigenvalue weighted by atomic mass is 10.1. The molecule has 4 N–H and O–H groups in total. The standard InChI is InChI=1S/C16H16N4O/c1-2-10-4-3-5-12(8-10)18-16(21)15-13-9-11(17)6-7-14(13)19-20-15/h3-9H,2,17H2,1H3,(H,18,21)(H,19,20). The predicted octanol–water partition coefficient (Wildman–Crippen LogP) is 2.96. The second-order valence-corrected chi connectivity index (χ2v) is 4.89. The van der Waals surface area contributed by atoms with Crippen molar-refractivity contribution in [2.45, 2.75) is 13.3 Å². The molecule has 0 aliphatic rings. The molecule has 1 aromatic heterocycles. The zero-order chi connectivity index (χ0) is 14.8. The predicted molar refractivity (Wildman–Crippen MR) is 84.3 cm³/mol. The Morgan fingerprint density at radius 3 is 2.95 bits per heavy atom. The van der Waals surface area contributed by atoms with Crippen LogP contribution in [0, 0.1) is 0 Å². The molecule has 0 spiro atoms. The van der Waals surface area contributed by atoms with Gasteiger partial charge in [-0.25, -0.2) is 0 Å². The fraction of sp³-hybridized carbons (Fsp3) is 0.125. The van der Waals surface area contributed by atoms with Gasteiger partial charge in [-0.05, 0) is 42.3 Å². The molecule has 0 bridgehead atoms. The lowest BCUT2D eigenvalue weighted by Gasteiger charge is -2.05. The molecule has 2 aromatic carbocycles. The molecule has 0 saturated heterocycles. The zero-order valence-corrected chi connectivity index (χ0v) is 11.7. The maximum absolute atomic E-state index is 12.4. The third-order valence-corrected chi connectivity index (χ3v) is 3.40. The Labute approximate surface area is 122 Å². The number of carbonyl (C=O) groups excluding carboxylic acids is 1. The van der Waals surface area contributed by atoms with E-state index >= 15 is 0 Å². The molecule has 0 aliphatic carbocycles. The van der Waals surface area contributed by atoms with Crippen molar-refractivity contribution >= 4 is 28.2 Å². The van der Waals surface area contributed by atoms with Gasteiger partial charge in [0.15, 0.2) is 5.69 Å². The molecular formula is C16H16N4O. The van der Waals surface area contributed by atoms with E-state index in [0.717, 1.165) is 23.0 Å². The number of aromatic nitrogens is 2. The molecular weight excluding hydrogens is 264 g/mol. The highest BCUT2D eigenvalue weighted by Gasteiger charge is 2.14. The van der Waals surface area contributed by atoms with Crippen molar-refractivity contribution in [3.05, 3.63) is 53.7 Å². The minimum atomic E-state index is -0.250. The van der Waals surface area contributed by atoms with Crippen LogP contribution in [0.3, 0.4) is 0 Å². The number of hydrogen-bond acceptors (Lipinski definition) is 3. The van der Waals surface area contributed by atoms with Crippen LogP contribution in [-0.4, -0.2) is 16.1 Å². The molecule has 5 nitrogen and oxygen atoms in total. The topological polar surface area (TPSA) is 83.8 Å². The van der Waals surface area contributed by atoms with E-state index < -0.39 is 0 Å². The number of nitrogens with zero attached hydrogens (tertiary/aromatic N) is 1. The summed E-state index contributed by atoms with van der Waals surface area (Å²) < 4.78 is 0. The molecule has 3 aromatic rings. The van der Waals surface area contributed by atoms with Gasteiger partial charge in [-0.2, -0.15) is 5.10 Å². The van der Waals surface area contributed by atoms with E-state index in [9.17, 15) is 4.79 Å². The van der Waals surface area contributed by atoms with E-state index in [1.54, 1.807) is 12.1 Å². The molecule has 0 fully saturated rings. The number of nitrogens with two attached hydrogens (primary N) is 1. The summed E-state index contributed by atoms with van der Waals surface area (Å²) in [5.74, 6) is -0.250. The van der Waals surface area contributed by atoms with Gasteiger partial charge in [0.05, 0.1) is 5.52 Å². The summed E-state index contributed by atoms with van der Waals surface area (Å²) in [6.07, 6.45) is 0.922. The van der Waals surface area contributed by atoms with Crippen molar-refractivity contribution in [1.29, 1.82) is 0 Å². The van der Waals surface area contributed by atoms with Gasteiger partial charge in [0.2, 0.25) is 0 Å². The number of fused-ring (bicyclic) bond motifs is 1. The van der Waals surface area contributed by atoms with Crippen LogP contribution in [-0.2, 0) is 6.42 Å². The van der Waals surface area contributed by atoms with Gasteiger partial charge in [0.25, 0.3) is 5.91 Å². The Balaban J connectivity index is 1.91. The van der Waals surface area contributed by atoms with Gasteiger partial charge < -0.3 is 11.1 Å². The van der Waals surface area contributed by atoms with Crippen molar-refractivity contribution in [3.8, 4) is 0 Å². The summed E-state index contributed by atoms with van der Waals surface area (Å²) in [6.45, 7) is 2.07. The van der Waals surface area contributed by atoms with Crippen LogP contribution < -0.4 is 11.1 Å². The minimum Gasteiger partial charge on any atom is -0.399 e. The number of nitrogen functional groups attached to an aromatic ring is 1. The highest BCUT2D eigenvalue weighted by molar-refractivity contribution is 6.11. The average molecular weight is 280 g/mol. The second kappa shape index (κ2) is 5.28.